The lowest BCUT2D eigenvalue weighted by molar-refractivity contribution is -0.136. The van der Waals surface area contributed by atoms with Gasteiger partial charge < -0.3 is 10.0 Å². The summed E-state index contributed by atoms with van der Waals surface area (Å²) in [5.74, 6) is -0.806. The van der Waals surface area contributed by atoms with Gasteiger partial charge in [-0.1, -0.05) is 6.92 Å². The highest BCUT2D eigenvalue weighted by molar-refractivity contribution is 7.16. The van der Waals surface area contributed by atoms with Gasteiger partial charge >= 0.3 is 5.97 Å². The minimum Gasteiger partial charge on any atom is -0.481 e. The smallest absolute Gasteiger partial charge is 0.305 e. The summed E-state index contributed by atoms with van der Waals surface area (Å²) in [7, 11) is 0. The summed E-state index contributed by atoms with van der Waals surface area (Å²) in [6, 6.07) is 2.23. The fourth-order valence-electron chi connectivity index (χ4n) is 1.78. The fourth-order valence-corrected chi connectivity index (χ4v) is 2.94. The highest BCUT2D eigenvalue weighted by Crippen LogP contribution is 2.34. The molecule has 0 amide bonds. The Labute approximate surface area is 111 Å². The molecule has 5 heteroatoms. The van der Waals surface area contributed by atoms with E-state index < -0.39 is 5.97 Å². The van der Waals surface area contributed by atoms with E-state index in [9.17, 15) is 10.1 Å². The Kier molecular flexibility index (Phi) is 5.17. The van der Waals surface area contributed by atoms with Gasteiger partial charge in [0.2, 0.25) is 0 Å². The summed E-state index contributed by atoms with van der Waals surface area (Å²) in [5.41, 5.74) is 1.70. The van der Waals surface area contributed by atoms with Gasteiger partial charge in [0, 0.05) is 18.0 Å². The van der Waals surface area contributed by atoms with Crippen LogP contribution >= 0.6 is 11.3 Å². The number of anilines is 1. The maximum Gasteiger partial charge on any atom is 0.305 e. The van der Waals surface area contributed by atoms with Crippen molar-refractivity contribution in [2.45, 2.75) is 33.6 Å². The van der Waals surface area contributed by atoms with Gasteiger partial charge in [-0.05, 0) is 25.8 Å². The summed E-state index contributed by atoms with van der Waals surface area (Å²) in [6.07, 6.45) is 1.03. The van der Waals surface area contributed by atoms with Crippen LogP contribution in [0.25, 0.3) is 0 Å². The minimum absolute atomic E-state index is 0.0981. The van der Waals surface area contributed by atoms with E-state index in [1.807, 2.05) is 25.7 Å². The molecular formula is C13H18N2O2S. The quantitative estimate of drug-likeness (QED) is 0.859. The Morgan fingerprint density at radius 3 is 2.61 bits per heavy atom. The lowest BCUT2D eigenvalue weighted by atomic mass is 10.1. The van der Waals surface area contributed by atoms with Crippen LogP contribution < -0.4 is 4.90 Å². The maximum atomic E-state index is 10.7. The van der Waals surface area contributed by atoms with Crippen LogP contribution in [0.4, 0.5) is 5.00 Å². The van der Waals surface area contributed by atoms with Crippen molar-refractivity contribution in [3.05, 3.63) is 16.0 Å². The zero-order valence-corrected chi connectivity index (χ0v) is 11.8. The Hall–Kier alpha value is -1.54. The van der Waals surface area contributed by atoms with Gasteiger partial charge in [-0.15, -0.1) is 11.3 Å². The van der Waals surface area contributed by atoms with Crippen LogP contribution in [0, 0.1) is 25.2 Å². The Balaban J connectivity index is 3.02. The van der Waals surface area contributed by atoms with E-state index >= 15 is 0 Å². The number of carboxylic acids is 1. The van der Waals surface area contributed by atoms with Crippen molar-refractivity contribution in [2.75, 3.05) is 18.0 Å². The summed E-state index contributed by atoms with van der Waals surface area (Å²) in [6.45, 7) is 7.21. The van der Waals surface area contributed by atoms with E-state index in [0.29, 0.717) is 12.1 Å². The molecule has 0 radical (unpaired) electrons. The van der Waals surface area contributed by atoms with Gasteiger partial charge in [0.05, 0.1) is 12.0 Å². The van der Waals surface area contributed by atoms with Crippen LogP contribution in [-0.4, -0.2) is 24.2 Å². The first-order chi connectivity index (χ1) is 8.51. The van der Waals surface area contributed by atoms with E-state index in [2.05, 4.69) is 6.07 Å². The molecule has 98 valence electrons. The lowest BCUT2D eigenvalue weighted by Gasteiger charge is -2.22. The van der Waals surface area contributed by atoms with Crippen LogP contribution in [0.3, 0.4) is 0 Å². The largest absolute Gasteiger partial charge is 0.481 e. The molecule has 0 saturated heterocycles. The van der Waals surface area contributed by atoms with E-state index in [1.54, 1.807) is 11.3 Å². The number of nitrogens with zero attached hydrogens (tertiary/aromatic N) is 2. The number of hydrogen-bond acceptors (Lipinski definition) is 4. The normalized spacial score (nSPS) is 10.1. The molecule has 18 heavy (non-hydrogen) atoms. The summed E-state index contributed by atoms with van der Waals surface area (Å²) in [4.78, 5) is 13.8. The average Bonchev–Trinajstić information content (AvgIpc) is 2.60. The molecule has 1 aromatic rings. The predicted octanol–water partition coefficient (Wildman–Crippen LogP) is 2.93. The summed E-state index contributed by atoms with van der Waals surface area (Å²) in [5, 5.41) is 18.9. The third-order valence-electron chi connectivity index (χ3n) is 2.85. The monoisotopic (exact) mass is 266 g/mol. The number of rotatable bonds is 6. The Morgan fingerprint density at radius 1 is 1.44 bits per heavy atom. The molecule has 4 nitrogen and oxygen atoms in total. The molecule has 1 N–H and O–H groups in total. The summed E-state index contributed by atoms with van der Waals surface area (Å²) >= 11 is 1.58. The van der Waals surface area contributed by atoms with Crippen LogP contribution in [0.2, 0.25) is 0 Å². The number of aliphatic carboxylic acids is 1. The molecule has 0 aromatic carbocycles. The molecule has 0 spiro atoms. The van der Waals surface area contributed by atoms with Crippen molar-refractivity contribution in [3.63, 3.8) is 0 Å². The SMILES string of the molecule is CCCN(CCC(=O)O)c1sc(C)c(C)c1C#N. The first kappa shape index (κ1) is 14.5. The molecule has 0 aliphatic rings. The molecule has 0 fully saturated rings. The molecule has 1 heterocycles. The van der Waals surface area contributed by atoms with Gasteiger partial charge in [-0.2, -0.15) is 5.26 Å². The Bertz CT molecular complexity index is 474. The average molecular weight is 266 g/mol. The molecule has 0 unspecified atom stereocenters. The second-order valence-electron chi connectivity index (χ2n) is 4.21. The molecule has 0 aliphatic heterocycles. The number of thiophene rings is 1. The zero-order valence-electron chi connectivity index (χ0n) is 11.0. The van der Waals surface area contributed by atoms with Gasteiger partial charge in [0.15, 0.2) is 0 Å². The van der Waals surface area contributed by atoms with Gasteiger partial charge in [-0.3, -0.25) is 4.79 Å². The van der Waals surface area contributed by atoms with Crippen molar-refractivity contribution in [2.24, 2.45) is 0 Å². The minimum atomic E-state index is -0.806. The highest BCUT2D eigenvalue weighted by Gasteiger charge is 2.18. The molecule has 0 atom stereocenters. The van der Waals surface area contributed by atoms with E-state index in [4.69, 9.17) is 5.11 Å². The zero-order chi connectivity index (χ0) is 13.7. The molecule has 1 rings (SSSR count). The number of carbonyl (C=O) groups is 1. The van der Waals surface area contributed by atoms with Crippen molar-refractivity contribution in [3.8, 4) is 6.07 Å². The molecular weight excluding hydrogens is 248 g/mol. The van der Waals surface area contributed by atoms with E-state index in [-0.39, 0.29) is 6.42 Å². The van der Waals surface area contributed by atoms with Crippen molar-refractivity contribution in [1.82, 2.24) is 0 Å². The number of aryl methyl sites for hydroxylation is 1. The molecule has 0 saturated carbocycles. The van der Waals surface area contributed by atoms with Gasteiger partial charge in [0.1, 0.15) is 11.1 Å². The predicted molar refractivity (Wildman–Crippen MR) is 73.3 cm³/mol. The topological polar surface area (TPSA) is 64.3 Å². The molecule has 1 aromatic heterocycles. The van der Waals surface area contributed by atoms with Crippen molar-refractivity contribution < 1.29 is 9.90 Å². The first-order valence-corrected chi connectivity index (χ1v) is 6.79. The third kappa shape index (κ3) is 3.23. The van der Waals surface area contributed by atoms with Crippen molar-refractivity contribution in [1.29, 1.82) is 5.26 Å². The third-order valence-corrected chi connectivity index (χ3v) is 4.12. The van der Waals surface area contributed by atoms with Crippen LogP contribution in [-0.2, 0) is 4.79 Å². The summed E-state index contributed by atoms with van der Waals surface area (Å²) < 4.78 is 0. The Morgan fingerprint density at radius 2 is 2.11 bits per heavy atom. The van der Waals surface area contributed by atoms with Crippen LogP contribution in [0.1, 0.15) is 35.8 Å². The molecule has 0 aliphatic carbocycles. The number of carboxylic acid groups (broad SMARTS) is 1. The van der Waals surface area contributed by atoms with Gasteiger partial charge in [0.25, 0.3) is 0 Å². The van der Waals surface area contributed by atoms with Crippen LogP contribution in [0.15, 0.2) is 0 Å². The second kappa shape index (κ2) is 6.41. The standard InChI is InChI=1S/C13H18N2O2S/c1-4-6-15(7-5-12(16)17)13-11(8-14)9(2)10(3)18-13/h4-7H2,1-3H3,(H,16,17). The van der Waals surface area contributed by atoms with E-state index in [1.165, 1.54) is 0 Å². The number of hydrogen-bond donors (Lipinski definition) is 1. The number of nitriles is 1. The lowest BCUT2D eigenvalue weighted by Crippen LogP contribution is -2.26. The fraction of sp³-hybridized carbons (Fsp3) is 0.538. The van der Waals surface area contributed by atoms with E-state index in [0.717, 1.165) is 28.4 Å². The van der Waals surface area contributed by atoms with Gasteiger partial charge in [-0.25, -0.2) is 0 Å². The van der Waals surface area contributed by atoms with Crippen LogP contribution in [0.5, 0.6) is 0 Å². The second-order valence-corrected chi connectivity index (χ2v) is 5.41. The highest BCUT2D eigenvalue weighted by atomic mass is 32.1. The van der Waals surface area contributed by atoms with Crippen molar-refractivity contribution >= 4 is 22.3 Å². The first-order valence-electron chi connectivity index (χ1n) is 5.98. The maximum absolute atomic E-state index is 10.7. The molecule has 0 bridgehead atoms.